The summed E-state index contributed by atoms with van der Waals surface area (Å²) in [5.41, 5.74) is 0. The van der Waals surface area contributed by atoms with E-state index in [9.17, 15) is 19.8 Å². The Morgan fingerprint density at radius 1 is 0.337 bits per heavy atom. The highest BCUT2D eigenvalue weighted by Gasteiger charge is 2.18. The van der Waals surface area contributed by atoms with Gasteiger partial charge in [0.25, 0.3) is 0 Å². The van der Waals surface area contributed by atoms with E-state index in [4.69, 9.17) is 4.74 Å². The van der Waals surface area contributed by atoms with E-state index in [1.165, 1.54) is 340 Å². The number of rotatable bonds is 71. The molecule has 0 aliphatic carbocycles. The molecular formula is C77H147NO5. The molecule has 0 aromatic carbocycles. The predicted molar refractivity (Wildman–Crippen MR) is 366 cm³/mol. The van der Waals surface area contributed by atoms with Crippen LogP contribution in [0.4, 0.5) is 0 Å². The SMILES string of the molecule is CCCCCC/C=C\C/C=C\CCCCCCCC(=O)OCCCCCCCCCCCCCCCCCCCCCCCCCCCCCCCCCCCCCCCCCC(=O)NC(CO)C(O)/C=C/CCCCCCCCCCC. The van der Waals surface area contributed by atoms with Gasteiger partial charge in [0.1, 0.15) is 0 Å². The third-order valence-corrected chi connectivity index (χ3v) is 17.7. The van der Waals surface area contributed by atoms with Crippen molar-refractivity contribution in [1.29, 1.82) is 0 Å². The van der Waals surface area contributed by atoms with Gasteiger partial charge in [-0.25, -0.2) is 0 Å². The van der Waals surface area contributed by atoms with E-state index in [0.717, 1.165) is 51.4 Å². The van der Waals surface area contributed by atoms with Gasteiger partial charge in [0, 0.05) is 12.8 Å². The molecule has 6 heteroatoms. The number of carbonyl (C=O) groups excluding carboxylic acids is 2. The summed E-state index contributed by atoms with van der Waals surface area (Å²) < 4.78 is 5.50. The van der Waals surface area contributed by atoms with E-state index in [-0.39, 0.29) is 18.5 Å². The lowest BCUT2D eigenvalue weighted by molar-refractivity contribution is -0.143. The fourth-order valence-electron chi connectivity index (χ4n) is 11.9. The zero-order valence-electron chi connectivity index (χ0n) is 56.2. The van der Waals surface area contributed by atoms with E-state index in [1.807, 2.05) is 6.08 Å². The van der Waals surface area contributed by atoms with E-state index < -0.39 is 12.1 Å². The van der Waals surface area contributed by atoms with Crippen molar-refractivity contribution in [1.82, 2.24) is 5.32 Å². The first-order chi connectivity index (χ1) is 41.0. The van der Waals surface area contributed by atoms with Crippen LogP contribution in [0.2, 0.25) is 0 Å². The van der Waals surface area contributed by atoms with Crippen LogP contribution in [0.5, 0.6) is 0 Å². The largest absolute Gasteiger partial charge is 0.466 e. The molecular weight excluding hydrogens is 1020 g/mol. The monoisotopic (exact) mass is 1170 g/mol. The smallest absolute Gasteiger partial charge is 0.305 e. The van der Waals surface area contributed by atoms with Crippen LogP contribution in [-0.4, -0.2) is 47.4 Å². The summed E-state index contributed by atoms with van der Waals surface area (Å²) in [6.45, 7) is 4.90. The van der Waals surface area contributed by atoms with Gasteiger partial charge in [0.05, 0.1) is 25.4 Å². The fourth-order valence-corrected chi connectivity index (χ4v) is 11.9. The van der Waals surface area contributed by atoms with Gasteiger partial charge in [-0.05, 0) is 64.2 Å². The second kappa shape index (κ2) is 72.6. The van der Waals surface area contributed by atoms with E-state index in [2.05, 4.69) is 43.5 Å². The van der Waals surface area contributed by atoms with Crippen LogP contribution in [0.1, 0.15) is 418 Å². The van der Waals surface area contributed by atoms with Gasteiger partial charge < -0.3 is 20.3 Å². The van der Waals surface area contributed by atoms with Crippen molar-refractivity contribution in [2.75, 3.05) is 13.2 Å². The van der Waals surface area contributed by atoms with Crippen molar-refractivity contribution < 1.29 is 24.5 Å². The number of nitrogens with one attached hydrogen (secondary N) is 1. The van der Waals surface area contributed by atoms with Crippen molar-refractivity contribution in [3.63, 3.8) is 0 Å². The normalized spacial score (nSPS) is 12.7. The quantitative estimate of drug-likeness (QED) is 0.0320. The zero-order valence-corrected chi connectivity index (χ0v) is 56.2. The van der Waals surface area contributed by atoms with Gasteiger partial charge in [-0.2, -0.15) is 0 Å². The first-order valence-corrected chi connectivity index (χ1v) is 37.8. The van der Waals surface area contributed by atoms with Crippen molar-refractivity contribution in [3.8, 4) is 0 Å². The molecule has 490 valence electrons. The summed E-state index contributed by atoms with van der Waals surface area (Å²) in [5.74, 6) is -0.0507. The third kappa shape index (κ3) is 69.1. The summed E-state index contributed by atoms with van der Waals surface area (Å²) in [4.78, 5) is 24.5. The van der Waals surface area contributed by atoms with Crippen LogP contribution in [0.15, 0.2) is 36.5 Å². The molecule has 6 nitrogen and oxygen atoms in total. The average molecular weight is 1170 g/mol. The molecule has 83 heavy (non-hydrogen) atoms. The predicted octanol–water partition coefficient (Wildman–Crippen LogP) is 24.7. The maximum atomic E-state index is 12.4. The van der Waals surface area contributed by atoms with Crippen LogP contribution in [0, 0.1) is 0 Å². The molecule has 2 unspecified atom stereocenters. The molecule has 1 amide bonds. The minimum absolute atomic E-state index is 0.0107. The number of amides is 1. The highest BCUT2D eigenvalue weighted by molar-refractivity contribution is 5.76. The average Bonchev–Trinajstić information content (AvgIpc) is 3.49. The van der Waals surface area contributed by atoms with Crippen LogP contribution in [0.25, 0.3) is 0 Å². The van der Waals surface area contributed by atoms with Crippen molar-refractivity contribution in [2.24, 2.45) is 0 Å². The first-order valence-electron chi connectivity index (χ1n) is 37.8. The molecule has 0 bridgehead atoms. The number of aliphatic hydroxyl groups excluding tert-OH is 2. The number of ether oxygens (including phenoxy) is 1. The second-order valence-corrected chi connectivity index (χ2v) is 26.0. The highest BCUT2D eigenvalue weighted by Crippen LogP contribution is 2.19. The maximum Gasteiger partial charge on any atom is 0.305 e. The molecule has 3 N–H and O–H groups in total. The van der Waals surface area contributed by atoms with Gasteiger partial charge in [-0.15, -0.1) is 0 Å². The van der Waals surface area contributed by atoms with E-state index >= 15 is 0 Å². The molecule has 0 aliphatic rings. The van der Waals surface area contributed by atoms with E-state index in [0.29, 0.717) is 19.4 Å². The number of allylic oxidation sites excluding steroid dienone is 5. The lowest BCUT2D eigenvalue weighted by Crippen LogP contribution is -2.45. The minimum Gasteiger partial charge on any atom is -0.466 e. The molecule has 0 radical (unpaired) electrons. The molecule has 2 atom stereocenters. The Morgan fingerprint density at radius 2 is 0.602 bits per heavy atom. The topological polar surface area (TPSA) is 95.9 Å². The van der Waals surface area contributed by atoms with Crippen LogP contribution < -0.4 is 5.32 Å². The molecule has 0 heterocycles. The maximum absolute atomic E-state index is 12.4. The Labute approximate surface area is 519 Å². The minimum atomic E-state index is -0.838. The lowest BCUT2D eigenvalue weighted by atomic mass is 10.0. The Bertz CT molecular complexity index is 1340. The van der Waals surface area contributed by atoms with Gasteiger partial charge in [-0.1, -0.05) is 378 Å². The number of esters is 1. The van der Waals surface area contributed by atoms with Crippen LogP contribution >= 0.6 is 0 Å². The lowest BCUT2D eigenvalue weighted by Gasteiger charge is -2.20. The van der Waals surface area contributed by atoms with Crippen molar-refractivity contribution >= 4 is 11.9 Å². The summed E-state index contributed by atoms with van der Waals surface area (Å²) in [7, 11) is 0. The van der Waals surface area contributed by atoms with Gasteiger partial charge >= 0.3 is 5.97 Å². The summed E-state index contributed by atoms with van der Waals surface area (Å²) in [6.07, 6.45) is 94.2. The molecule has 0 aliphatic heterocycles. The van der Waals surface area contributed by atoms with Gasteiger partial charge in [-0.3, -0.25) is 9.59 Å². The van der Waals surface area contributed by atoms with Crippen molar-refractivity contribution in [3.05, 3.63) is 36.5 Å². The molecule has 0 aromatic heterocycles. The Kier molecular flexibility index (Phi) is 70.9. The van der Waals surface area contributed by atoms with E-state index in [1.54, 1.807) is 6.08 Å². The zero-order chi connectivity index (χ0) is 59.9. The summed E-state index contributed by atoms with van der Waals surface area (Å²) in [5, 5.41) is 23.1. The number of carbonyl (C=O) groups is 2. The number of aliphatic hydroxyl groups is 2. The summed E-state index contributed by atoms with van der Waals surface area (Å²) in [6, 6.07) is -0.621. The Morgan fingerprint density at radius 3 is 0.928 bits per heavy atom. The molecule has 0 saturated carbocycles. The number of unbranched alkanes of at least 4 members (excludes halogenated alkanes) is 56. The molecule has 0 fully saturated rings. The van der Waals surface area contributed by atoms with Gasteiger partial charge in [0.15, 0.2) is 0 Å². The Balaban J connectivity index is 3.28. The third-order valence-electron chi connectivity index (χ3n) is 17.7. The van der Waals surface area contributed by atoms with Crippen LogP contribution in [0.3, 0.4) is 0 Å². The molecule has 0 spiro atoms. The highest BCUT2D eigenvalue weighted by atomic mass is 16.5. The molecule has 0 rings (SSSR count). The summed E-state index contributed by atoms with van der Waals surface area (Å²) >= 11 is 0. The number of hydrogen-bond acceptors (Lipinski definition) is 5. The number of hydrogen-bond donors (Lipinski definition) is 3. The standard InChI is InChI=1S/C77H147NO5/c1-3-5-7-9-11-13-15-16-17-44-47-51-55-59-63-67-71-77(82)83-72-68-64-60-56-52-48-45-42-40-38-36-34-32-30-28-26-24-22-20-18-19-21-23-25-27-29-31-33-35-37-39-41-43-46-50-54-58-62-66-70-76(81)78-74(73-79)75(80)69-65-61-57-53-49-14-12-10-8-6-4-2/h13,15,17,44,65,69,74-75,79-80H,3-12,14,16,18-43,45-64,66-68,70-73H2,1-2H3,(H,78,81)/b15-13-,44-17-,69-65+. The second-order valence-electron chi connectivity index (χ2n) is 26.0. The van der Waals surface area contributed by atoms with Crippen molar-refractivity contribution in [2.45, 2.75) is 431 Å². The molecule has 0 saturated heterocycles. The first kappa shape index (κ1) is 81.1. The molecule has 0 aromatic rings. The van der Waals surface area contributed by atoms with Gasteiger partial charge in [0.2, 0.25) is 5.91 Å². The van der Waals surface area contributed by atoms with Crippen LogP contribution in [-0.2, 0) is 14.3 Å². The Hall–Kier alpha value is -1.92. The fraction of sp³-hybridized carbons (Fsp3) is 0.896.